The Balaban J connectivity index is 1.45. The molecule has 2 aromatic carbocycles. The zero-order valence-corrected chi connectivity index (χ0v) is 17.7. The molecule has 0 aliphatic rings. The van der Waals surface area contributed by atoms with Crippen molar-refractivity contribution < 1.29 is 22.4 Å². The van der Waals surface area contributed by atoms with Gasteiger partial charge in [-0.2, -0.15) is 5.10 Å². The fourth-order valence-electron chi connectivity index (χ4n) is 3.47. The van der Waals surface area contributed by atoms with Crippen molar-refractivity contribution in [3.8, 4) is 11.3 Å². The lowest BCUT2D eigenvalue weighted by Crippen LogP contribution is -2.14. The molecule has 3 heterocycles. The summed E-state index contributed by atoms with van der Waals surface area (Å²) >= 11 is 0. The van der Waals surface area contributed by atoms with Gasteiger partial charge >= 0.3 is 0 Å². The minimum Gasteiger partial charge on any atom is -0.289 e. The molecule has 0 saturated heterocycles. The molecular formula is C23H15F4N7O. The smallest absolute Gasteiger partial charge is 0.280 e. The predicted octanol–water partition coefficient (Wildman–Crippen LogP) is 4.50. The summed E-state index contributed by atoms with van der Waals surface area (Å²) in [6.07, 6.45) is -0.488. The monoisotopic (exact) mass is 481 g/mol. The molecule has 0 atom stereocenters. The molecule has 1 N–H and O–H groups in total. The van der Waals surface area contributed by atoms with Crippen molar-refractivity contribution in [2.45, 2.75) is 13.0 Å². The summed E-state index contributed by atoms with van der Waals surface area (Å²) in [5.41, 5.74) is 0.189. The van der Waals surface area contributed by atoms with Gasteiger partial charge in [0, 0.05) is 11.1 Å². The van der Waals surface area contributed by atoms with E-state index in [1.165, 1.54) is 41.3 Å². The van der Waals surface area contributed by atoms with E-state index in [9.17, 15) is 22.4 Å². The van der Waals surface area contributed by atoms with Gasteiger partial charge in [0.15, 0.2) is 5.65 Å². The molecule has 8 nitrogen and oxygen atoms in total. The second kappa shape index (κ2) is 8.97. The van der Waals surface area contributed by atoms with E-state index in [0.717, 1.165) is 16.8 Å². The highest BCUT2D eigenvalue weighted by Gasteiger charge is 2.22. The average molecular weight is 481 g/mol. The molecule has 35 heavy (non-hydrogen) atoms. The number of hydrogen-bond acceptors (Lipinski definition) is 5. The Bertz CT molecular complexity index is 1530. The Morgan fingerprint density at radius 1 is 1.06 bits per heavy atom. The van der Waals surface area contributed by atoms with Gasteiger partial charge < -0.3 is 0 Å². The normalized spacial score (nSPS) is 11.3. The van der Waals surface area contributed by atoms with Crippen molar-refractivity contribution in [1.29, 1.82) is 0 Å². The van der Waals surface area contributed by atoms with E-state index >= 15 is 0 Å². The minimum atomic E-state index is -2.91. The van der Waals surface area contributed by atoms with Crippen LogP contribution in [0.15, 0.2) is 67.1 Å². The fourth-order valence-corrected chi connectivity index (χ4v) is 3.47. The summed E-state index contributed by atoms with van der Waals surface area (Å²) in [4.78, 5) is 21.2. The third-order valence-electron chi connectivity index (χ3n) is 5.16. The Labute approximate surface area is 194 Å². The molecule has 5 rings (SSSR count). The lowest BCUT2D eigenvalue weighted by molar-refractivity contribution is 0.102. The van der Waals surface area contributed by atoms with Crippen LogP contribution in [0.1, 0.15) is 28.0 Å². The number of benzene rings is 2. The maximum absolute atomic E-state index is 13.9. The molecule has 0 unspecified atom stereocenters. The lowest BCUT2D eigenvalue weighted by atomic mass is 10.1. The number of nitrogens with zero attached hydrogens (tertiary/aromatic N) is 6. The fraction of sp³-hybridized carbons (Fsp3) is 0.0870. The van der Waals surface area contributed by atoms with Gasteiger partial charge in [0.1, 0.15) is 29.2 Å². The third-order valence-corrected chi connectivity index (χ3v) is 5.16. The number of aromatic nitrogens is 6. The van der Waals surface area contributed by atoms with Crippen LogP contribution < -0.4 is 5.32 Å². The van der Waals surface area contributed by atoms with Crippen LogP contribution in [0.25, 0.3) is 16.9 Å². The van der Waals surface area contributed by atoms with Crippen LogP contribution in [-0.2, 0) is 6.54 Å². The number of alkyl halides is 2. The van der Waals surface area contributed by atoms with Gasteiger partial charge in [-0.25, -0.2) is 36.7 Å². The number of fused-ring (bicyclic) bond motifs is 1. The lowest BCUT2D eigenvalue weighted by Gasteiger charge is -2.08. The molecule has 5 aromatic rings. The molecule has 1 amide bonds. The molecule has 12 heteroatoms. The summed E-state index contributed by atoms with van der Waals surface area (Å²) in [6, 6.07) is 12.4. The summed E-state index contributed by atoms with van der Waals surface area (Å²) in [7, 11) is 0. The maximum atomic E-state index is 13.9. The molecule has 0 bridgehead atoms. The summed E-state index contributed by atoms with van der Waals surface area (Å²) < 4.78 is 56.8. The second-order valence-electron chi connectivity index (χ2n) is 7.48. The summed E-state index contributed by atoms with van der Waals surface area (Å²) in [5, 5.41) is 10.5. The van der Waals surface area contributed by atoms with Crippen LogP contribution in [0.2, 0.25) is 0 Å². The van der Waals surface area contributed by atoms with Crippen molar-refractivity contribution in [3.05, 3.63) is 95.6 Å². The zero-order valence-electron chi connectivity index (χ0n) is 17.7. The van der Waals surface area contributed by atoms with Crippen LogP contribution in [0, 0.1) is 11.6 Å². The van der Waals surface area contributed by atoms with E-state index < -0.39 is 29.7 Å². The molecule has 0 aliphatic heterocycles. The van der Waals surface area contributed by atoms with E-state index in [1.54, 1.807) is 18.2 Å². The quantitative estimate of drug-likeness (QED) is 0.361. The first-order valence-corrected chi connectivity index (χ1v) is 10.3. The highest BCUT2D eigenvalue weighted by Crippen LogP contribution is 2.27. The molecule has 0 fully saturated rings. The number of nitrogens with one attached hydrogen (secondary N) is 1. The Morgan fingerprint density at radius 3 is 2.57 bits per heavy atom. The zero-order chi connectivity index (χ0) is 24.5. The third kappa shape index (κ3) is 4.45. The van der Waals surface area contributed by atoms with E-state index in [2.05, 4.69) is 25.5 Å². The van der Waals surface area contributed by atoms with Crippen molar-refractivity contribution in [2.24, 2.45) is 0 Å². The van der Waals surface area contributed by atoms with E-state index in [1.807, 2.05) is 0 Å². The van der Waals surface area contributed by atoms with Crippen LogP contribution in [0.3, 0.4) is 0 Å². The molecule has 0 saturated carbocycles. The Hall–Kier alpha value is -4.61. The number of carbonyl (C=O) groups excluding carboxylic acids is 1. The van der Waals surface area contributed by atoms with E-state index in [0.29, 0.717) is 11.1 Å². The SMILES string of the molecule is O=C(Nc1ncn(Cc2ccccc2F)n1)c1cnn2c(C(F)F)cc(-c3ccc(F)cc3)nc12. The van der Waals surface area contributed by atoms with Crippen molar-refractivity contribution in [3.63, 3.8) is 0 Å². The molecule has 3 aromatic heterocycles. The van der Waals surface area contributed by atoms with E-state index in [4.69, 9.17) is 0 Å². The Morgan fingerprint density at radius 2 is 1.83 bits per heavy atom. The predicted molar refractivity (Wildman–Crippen MR) is 117 cm³/mol. The van der Waals surface area contributed by atoms with Gasteiger partial charge in [0.2, 0.25) is 5.95 Å². The van der Waals surface area contributed by atoms with Gasteiger partial charge in [0.05, 0.1) is 18.4 Å². The van der Waals surface area contributed by atoms with Gasteiger partial charge in [-0.15, -0.1) is 5.10 Å². The van der Waals surface area contributed by atoms with Gasteiger partial charge in [0.25, 0.3) is 12.3 Å². The van der Waals surface area contributed by atoms with E-state index in [-0.39, 0.29) is 29.4 Å². The van der Waals surface area contributed by atoms with Crippen molar-refractivity contribution in [2.75, 3.05) is 5.32 Å². The number of carbonyl (C=O) groups is 1. The first-order chi connectivity index (χ1) is 16.9. The van der Waals surface area contributed by atoms with Crippen LogP contribution in [-0.4, -0.2) is 35.3 Å². The summed E-state index contributed by atoms with van der Waals surface area (Å²) in [6.45, 7) is 0.0899. The maximum Gasteiger partial charge on any atom is 0.280 e. The number of hydrogen-bond donors (Lipinski definition) is 1. The topological polar surface area (TPSA) is 90.0 Å². The largest absolute Gasteiger partial charge is 0.289 e. The number of anilines is 1. The van der Waals surface area contributed by atoms with Crippen molar-refractivity contribution in [1.82, 2.24) is 29.4 Å². The first-order valence-electron chi connectivity index (χ1n) is 10.3. The minimum absolute atomic E-state index is 0.0746. The standard InChI is InChI=1S/C23H15F4N7O/c24-15-7-5-13(6-8-15)18-9-19(20(26)27)34-21(30-18)16(10-29-34)22(35)31-23-28-12-33(32-23)11-14-3-1-2-4-17(14)25/h1-10,12,20H,11H2,(H,31,32,35). The van der Waals surface area contributed by atoms with Crippen LogP contribution in [0.5, 0.6) is 0 Å². The molecule has 0 radical (unpaired) electrons. The second-order valence-corrected chi connectivity index (χ2v) is 7.48. The molecular weight excluding hydrogens is 466 g/mol. The number of amides is 1. The summed E-state index contributed by atoms with van der Waals surface area (Å²) in [5.74, 6) is -1.70. The molecule has 0 aliphatic carbocycles. The molecule has 176 valence electrons. The Kier molecular flexibility index (Phi) is 5.69. The van der Waals surface area contributed by atoms with Crippen LogP contribution >= 0.6 is 0 Å². The van der Waals surface area contributed by atoms with Gasteiger partial charge in [-0.1, -0.05) is 18.2 Å². The van der Waals surface area contributed by atoms with Crippen molar-refractivity contribution >= 4 is 17.5 Å². The van der Waals surface area contributed by atoms with Gasteiger partial charge in [-0.05, 0) is 36.4 Å². The average Bonchev–Trinajstić information content (AvgIpc) is 3.47. The van der Waals surface area contributed by atoms with Gasteiger partial charge in [-0.3, -0.25) is 10.1 Å². The number of rotatable bonds is 6. The van der Waals surface area contributed by atoms with Crippen LogP contribution in [0.4, 0.5) is 23.5 Å². The first kappa shape index (κ1) is 22.2. The highest BCUT2D eigenvalue weighted by atomic mass is 19.3. The molecule has 0 spiro atoms. The number of halogens is 4. The highest BCUT2D eigenvalue weighted by molar-refractivity contribution is 6.07.